The lowest BCUT2D eigenvalue weighted by atomic mass is 10.1. The van der Waals surface area contributed by atoms with E-state index in [0.717, 1.165) is 7.11 Å². The van der Waals surface area contributed by atoms with Crippen molar-refractivity contribution in [2.24, 2.45) is 5.92 Å². The summed E-state index contributed by atoms with van der Waals surface area (Å²) in [6, 6.07) is 3.02. The third-order valence-electron chi connectivity index (χ3n) is 2.27. The van der Waals surface area contributed by atoms with Crippen molar-refractivity contribution < 1.29 is 19.1 Å². The molecule has 0 aliphatic heterocycles. The topological polar surface area (TPSA) is 73.3 Å². The highest BCUT2D eigenvalue weighted by molar-refractivity contribution is 6.33. The minimum atomic E-state index is -1.36. The second-order valence-corrected chi connectivity index (χ2v) is 3.08. The number of methoxy groups -OCH3 is 1. The van der Waals surface area contributed by atoms with E-state index in [9.17, 15) is 14.4 Å². The molecule has 2 rings (SSSR count). The first-order chi connectivity index (χ1) is 7.16. The Morgan fingerprint density at radius 2 is 2.13 bits per heavy atom. The maximum Gasteiger partial charge on any atom is 0.324 e. The van der Waals surface area contributed by atoms with Gasteiger partial charge in [-0.1, -0.05) is 0 Å². The minimum absolute atomic E-state index is 0.0536. The van der Waals surface area contributed by atoms with Crippen LogP contribution in [0.4, 0.5) is 0 Å². The summed E-state index contributed by atoms with van der Waals surface area (Å²) < 4.78 is 4.40. The summed E-state index contributed by atoms with van der Waals surface area (Å²) in [5.41, 5.74) is 0.246. The number of rotatable bonds is 1. The van der Waals surface area contributed by atoms with E-state index in [1.54, 1.807) is 6.07 Å². The Kier molecular flexibility index (Phi) is 2.07. The first kappa shape index (κ1) is 9.51. The summed E-state index contributed by atoms with van der Waals surface area (Å²) >= 11 is 0. The molecule has 1 aliphatic carbocycles. The van der Waals surface area contributed by atoms with E-state index < -0.39 is 23.5 Å². The molecule has 76 valence electrons. The van der Waals surface area contributed by atoms with Crippen molar-refractivity contribution in [3.8, 4) is 0 Å². The van der Waals surface area contributed by atoms with E-state index in [4.69, 9.17) is 0 Å². The summed E-state index contributed by atoms with van der Waals surface area (Å²) in [4.78, 5) is 38.3. The maximum atomic E-state index is 11.6. The number of nitrogens with zero attached hydrogens (tertiary/aromatic N) is 1. The number of hydrogen-bond acceptors (Lipinski definition) is 5. The number of carbonyl (C=O) groups is 3. The highest BCUT2D eigenvalue weighted by Crippen LogP contribution is 2.25. The lowest BCUT2D eigenvalue weighted by molar-refractivity contribution is -0.142. The molecule has 0 amide bonds. The number of esters is 1. The molecule has 1 unspecified atom stereocenters. The van der Waals surface area contributed by atoms with Gasteiger partial charge in [0.1, 0.15) is 5.69 Å². The molecule has 0 bridgehead atoms. The van der Waals surface area contributed by atoms with Crippen molar-refractivity contribution in [2.45, 2.75) is 0 Å². The summed E-state index contributed by atoms with van der Waals surface area (Å²) in [5.74, 6) is -3.31. The van der Waals surface area contributed by atoms with Gasteiger partial charge in [0, 0.05) is 11.8 Å². The van der Waals surface area contributed by atoms with Gasteiger partial charge in [0.05, 0.1) is 7.11 Å². The molecule has 0 N–H and O–H groups in total. The Labute approximate surface area is 85.1 Å². The molecule has 1 aliphatic rings. The van der Waals surface area contributed by atoms with Crippen LogP contribution in [0, 0.1) is 5.92 Å². The third-order valence-corrected chi connectivity index (χ3v) is 2.27. The summed E-state index contributed by atoms with van der Waals surface area (Å²) in [6.45, 7) is 0. The molecule has 1 aromatic heterocycles. The number of fused-ring (bicyclic) bond motifs is 1. The molecule has 1 atom stereocenters. The van der Waals surface area contributed by atoms with E-state index >= 15 is 0 Å². The van der Waals surface area contributed by atoms with Crippen molar-refractivity contribution >= 4 is 17.5 Å². The van der Waals surface area contributed by atoms with Gasteiger partial charge in [-0.3, -0.25) is 19.4 Å². The van der Waals surface area contributed by atoms with Gasteiger partial charge in [0.15, 0.2) is 11.7 Å². The van der Waals surface area contributed by atoms with Gasteiger partial charge in [-0.2, -0.15) is 0 Å². The standard InChI is InChI=1S/C10H7NO4/c1-15-10(14)6-8(12)5-3-2-4-11-7(5)9(6)13/h2-4,6H,1H3. The first-order valence-electron chi connectivity index (χ1n) is 4.28. The van der Waals surface area contributed by atoms with Crippen molar-refractivity contribution in [1.29, 1.82) is 0 Å². The number of ether oxygens (including phenoxy) is 1. The van der Waals surface area contributed by atoms with Crippen LogP contribution in [0.2, 0.25) is 0 Å². The number of hydrogen-bond donors (Lipinski definition) is 0. The fourth-order valence-corrected chi connectivity index (χ4v) is 1.54. The number of Topliss-reactive ketones (excluding diaryl/α,β-unsaturated/α-hetero) is 2. The fraction of sp³-hybridized carbons (Fsp3) is 0.200. The fourth-order valence-electron chi connectivity index (χ4n) is 1.54. The number of aromatic nitrogens is 1. The molecule has 0 saturated carbocycles. The predicted molar refractivity (Wildman–Crippen MR) is 48.4 cm³/mol. The van der Waals surface area contributed by atoms with Crippen LogP contribution < -0.4 is 0 Å². The highest BCUT2D eigenvalue weighted by atomic mass is 16.5. The first-order valence-corrected chi connectivity index (χ1v) is 4.28. The third kappa shape index (κ3) is 1.24. The van der Waals surface area contributed by atoms with E-state index in [1.165, 1.54) is 12.3 Å². The van der Waals surface area contributed by atoms with Gasteiger partial charge in [0.2, 0.25) is 5.78 Å². The van der Waals surface area contributed by atoms with Crippen molar-refractivity contribution in [1.82, 2.24) is 4.98 Å². The summed E-state index contributed by atoms with van der Waals surface area (Å²) in [7, 11) is 1.14. The van der Waals surface area contributed by atoms with Crippen molar-refractivity contribution in [3.05, 3.63) is 29.6 Å². The van der Waals surface area contributed by atoms with Crippen molar-refractivity contribution in [3.63, 3.8) is 0 Å². The zero-order valence-electron chi connectivity index (χ0n) is 7.89. The van der Waals surface area contributed by atoms with Gasteiger partial charge in [0.25, 0.3) is 0 Å². The molecule has 0 saturated heterocycles. The quantitative estimate of drug-likeness (QED) is 0.485. The second kappa shape index (κ2) is 3.27. The largest absolute Gasteiger partial charge is 0.468 e. The molecule has 0 spiro atoms. The molecular weight excluding hydrogens is 198 g/mol. The predicted octanol–water partition coefficient (Wildman–Crippen LogP) is 0.250. The lowest BCUT2D eigenvalue weighted by Gasteiger charge is -2.02. The molecule has 15 heavy (non-hydrogen) atoms. The molecule has 0 aromatic carbocycles. The van der Waals surface area contributed by atoms with Crippen LogP contribution >= 0.6 is 0 Å². The highest BCUT2D eigenvalue weighted by Gasteiger charge is 2.45. The van der Waals surface area contributed by atoms with Gasteiger partial charge < -0.3 is 4.74 Å². The minimum Gasteiger partial charge on any atom is -0.468 e. The molecule has 0 fully saturated rings. The van der Waals surface area contributed by atoms with E-state index in [2.05, 4.69) is 9.72 Å². The van der Waals surface area contributed by atoms with Gasteiger partial charge in [-0.15, -0.1) is 0 Å². The van der Waals surface area contributed by atoms with Crippen LogP contribution in [0.3, 0.4) is 0 Å². The number of carbonyl (C=O) groups excluding carboxylic acids is 3. The summed E-state index contributed by atoms with van der Waals surface area (Å²) in [6.07, 6.45) is 1.41. The Bertz CT molecular complexity index is 431. The Morgan fingerprint density at radius 1 is 1.40 bits per heavy atom. The normalized spacial score (nSPS) is 18.9. The van der Waals surface area contributed by atoms with Crippen LogP contribution in [0.25, 0.3) is 0 Å². The second-order valence-electron chi connectivity index (χ2n) is 3.08. The monoisotopic (exact) mass is 205 g/mol. The molecule has 1 heterocycles. The van der Waals surface area contributed by atoms with E-state index in [1.807, 2.05) is 0 Å². The Hall–Kier alpha value is -2.04. The smallest absolute Gasteiger partial charge is 0.324 e. The van der Waals surface area contributed by atoms with Crippen molar-refractivity contribution in [2.75, 3.05) is 7.11 Å². The van der Waals surface area contributed by atoms with Crippen LogP contribution in [0.1, 0.15) is 20.8 Å². The van der Waals surface area contributed by atoms with Gasteiger partial charge >= 0.3 is 5.97 Å². The zero-order chi connectivity index (χ0) is 11.0. The Morgan fingerprint density at radius 3 is 2.73 bits per heavy atom. The molecule has 0 radical (unpaired) electrons. The molecular formula is C10H7NO4. The zero-order valence-corrected chi connectivity index (χ0v) is 7.89. The van der Waals surface area contributed by atoms with Gasteiger partial charge in [-0.05, 0) is 12.1 Å². The molecule has 5 nitrogen and oxygen atoms in total. The average molecular weight is 205 g/mol. The van der Waals surface area contributed by atoms with Crippen LogP contribution in [0.15, 0.2) is 18.3 Å². The van der Waals surface area contributed by atoms with Crippen LogP contribution in [0.5, 0.6) is 0 Å². The Balaban J connectivity index is 2.50. The number of ketones is 2. The summed E-state index contributed by atoms with van der Waals surface area (Å²) in [5, 5.41) is 0. The average Bonchev–Trinajstić information content (AvgIpc) is 2.52. The van der Waals surface area contributed by atoms with Crippen LogP contribution in [-0.4, -0.2) is 29.6 Å². The number of pyridine rings is 1. The van der Waals surface area contributed by atoms with Crippen LogP contribution in [-0.2, 0) is 9.53 Å². The SMILES string of the molecule is COC(=O)C1C(=O)c2cccnc2C1=O. The molecule has 5 heteroatoms. The van der Waals surface area contributed by atoms with Gasteiger partial charge in [-0.25, -0.2) is 0 Å². The maximum absolute atomic E-state index is 11.6. The van der Waals surface area contributed by atoms with E-state index in [-0.39, 0.29) is 11.3 Å². The lowest BCUT2D eigenvalue weighted by Crippen LogP contribution is -2.26. The molecule has 1 aromatic rings. The van der Waals surface area contributed by atoms with E-state index in [0.29, 0.717) is 0 Å².